The van der Waals surface area contributed by atoms with E-state index in [1.807, 2.05) is 18.8 Å². The zero-order chi connectivity index (χ0) is 15.6. The third kappa shape index (κ3) is 3.18. The smallest absolute Gasteiger partial charge is 0.160 e. The summed E-state index contributed by atoms with van der Waals surface area (Å²) in [5.41, 5.74) is -0.319. The monoisotopic (exact) mass is 292 g/mol. The summed E-state index contributed by atoms with van der Waals surface area (Å²) in [7, 11) is 4.06. The van der Waals surface area contributed by atoms with Crippen LogP contribution in [0.4, 0.5) is 0 Å². The highest BCUT2D eigenvalue weighted by molar-refractivity contribution is 5.89. The van der Waals surface area contributed by atoms with Crippen LogP contribution in [0.1, 0.15) is 58.3 Å². The highest BCUT2D eigenvalue weighted by atomic mass is 16.1. The van der Waals surface area contributed by atoms with E-state index in [0.717, 1.165) is 37.4 Å². The van der Waals surface area contributed by atoms with Crippen molar-refractivity contribution in [3.8, 4) is 0 Å². The average Bonchev–Trinajstić information content (AvgIpc) is 2.87. The highest BCUT2D eigenvalue weighted by Crippen LogP contribution is 2.36. The van der Waals surface area contributed by atoms with Gasteiger partial charge < -0.3 is 0 Å². The quantitative estimate of drug-likeness (QED) is 0.836. The maximum Gasteiger partial charge on any atom is 0.160 e. The molecule has 0 saturated heterocycles. The highest BCUT2D eigenvalue weighted by Gasteiger charge is 2.42. The van der Waals surface area contributed by atoms with Crippen molar-refractivity contribution in [2.24, 2.45) is 5.92 Å². The van der Waals surface area contributed by atoms with Gasteiger partial charge in [-0.15, -0.1) is 0 Å². The standard InChI is InChI=1S/C16H28N4O/c1-12(2)20-15(17-11-18-20)10-14(21)16(19(4)5)8-6-13(3)7-9-16/h11-13H,6-10H2,1-5H3. The number of hydrogen-bond acceptors (Lipinski definition) is 4. The first-order valence-electron chi connectivity index (χ1n) is 7.96. The van der Waals surface area contributed by atoms with Gasteiger partial charge in [-0.2, -0.15) is 5.10 Å². The van der Waals surface area contributed by atoms with E-state index < -0.39 is 0 Å². The first-order valence-corrected chi connectivity index (χ1v) is 7.96. The summed E-state index contributed by atoms with van der Waals surface area (Å²) in [6, 6.07) is 0.233. The van der Waals surface area contributed by atoms with Crippen molar-refractivity contribution in [2.75, 3.05) is 14.1 Å². The Labute approximate surface area is 127 Å². The molecular formula is C16H28N4O. The molecule has 1 fully saturated rings. The Balaban J connectivity index is 2.18. The molecule has 0 radical (unpaired) electrons. The number of carbonyl (C=O) groups is 1. The predicted molar refractivity (Wildman–Crippen MR) is 83.2 cm³/mol. The average molecular weight is 292 g/mol. The maximum absolute atomic E-state index is 13.0. The fourth-order valence-electron chi connectivity index (χ4n) is 3.36. The van der Waals surface area contributed by atoms with Crippen LogP contribution in [0.25, 0.3) is 0 Å². The molecule has 0 amide bonds. The molecule has 0 atom stereocenters. The first-order chi connectivity index (χ1) is 9.86. The summed E-state index contributed by atoms with van der Waals surface area (Å²) >= 11 is 0. The SMILES string of the molecule is CC1CCC(C(=O)Cc2ncnn2C(C)C)(N(C)C)CC1. The lowest BCUT2D eigenvalue weighted by atomic mass is 9.73. The molecule has 1 aliphatic carbocycles. The second-order valence-corrected chi connectivity index (χ2v) is 6.92. The molecule has 0 N–H and O–H groups in total. The van der Waals surface area contributed by atoms with Gasteiger partial charge in [0, 0.05) is 6.04 Å². The first kappa shape index (κ1) is 16.1. The van der Waals surface area contributed by atoms with Gasteiger partial charge in [-0.25, -0.2) is 9.67 Å². The van der Waals surface area contributed by atoms with Crippen molar-refractivity contribution >= 4 is 5.78 Å². The number of carbonyl (C=O) groups excluding carboxylic acids is 1. The van der Waals surface area contributed by atoms with Crippen molar-refractivity contribution in [3.63, 3.8) is 0 Å². The van der Waals surface area contributed by atoms with Gasteiger partial charge in [0.05, 0.1) is 12.0 Å². The fraction of sp³-hybridized carbons (Fsp3) is 0.812. The molecule has 0 aromatic carbocycles. The number of hydrogen-bond donors (Lipinski definition) is 0. The van der Waals surface area contributed by atoms with Crippen LogP contribution in [0.3, 0.4) is 0 Å². The van der Waals surface area contributed by atoms with E-state index in [4.69, 9.17) is 0 Å². The molecule has 118 valence electrons. The number of rotatable bonds is 5. The number of aromatic nitrogens is 3. The van der Waals surface area contributed by atoms with Crippen LogP contribution in [-0.2, 0) is 11.2 Å². The summed E-state index contributed by atoms with van der Waals surface area (Å²) in [5, 5.41) is 4.23. The lowest BCUT2D eigenvalue weighted by molar-refractivity contribution is -0.131. The van der Waals surface area contributed by atoms with Gasteiger partial charge >= 0.3 is 0 Å². The molecule has 1 heterocycles. The lowest BCUT2D eigenvalue weighted by Crippen LogP contribution is -2.54. The third-order valence-corrected chi connectivity index (χ3v) is 4.93. The molecule has 0 unspecified atom stereocenters. The van der Waals surface area contributed by atoms with E-state index in [2.05, 4.69) is 35.8 Å². The lowest BCUT2D eigenvalue weighted by Gasteiger charge is -2.43. The summed E-state index contributed by atoms with van der Waals surface area (Å²) in [5.74, 6) is 1.80. The summed E-state index contributed by atoms with van der Waals surface area (Å²) < 4.78 is 1.85. The molecule has 1 aromatic heterocycles. The van der Waals surface area contributed by atoms with E-state index in [-0.39, 0.29) is 17.4 Å². The Morgan fingerprint density at radius 3 is 2.57 bits per heavy atom. The molecule has 1 saturated carbocycles. The zero-order valence-corrected chi connectivity index (χ0v) is 14.0. The van der Waals surface area contributed by atoms with Crippen LogP contribution in [0.15, 0.2) is 6.33 Å². The van der Waals surface area contributed by atoms with Crippen LogP contribution in [0, 0.1) is 5.92 Å². The molecule has 5 nitrogen and oxygen atoms in total. The molecular weight excluding hydrogens is 264 g/mol. The van der Waals surface area contributed by atoms with Crippen LogP contribution in [0.5, 0.6) is 0 Å². The largest absolute Gasteiger partial charge is 0.297 e. The Morgan fingerprint density at radius 2 is 2.05 bits per heavy atom. The predicted octanol–water partition coefficient (Wildman–Crippen LogP) is 2.48. The van der Waals surface area contributed by atoms with Crippen LogP contribution in [-0.4, -0.2) is 45.1 Å². The van der Waals surface area contributed by atoms with Crippen molar-refractivity contribution in [1.82, 2.24) is 19.7 Å². The third-order valence-electron chi connectivity index (χ3n) is 4.93. The molecule has 5 heteroatoms. The second-order valence-electron chi connectivity index (χ2n) is 6.92. The summed E-state index contributed by atoms with van der Waals surface area (Å²) in [6.45, 7) is 6.40. The number of Topliss-reactive ketones (excluding diaryl/α,β-unsaturated/α-hetero) is 1. The molecule has 1 aliphatic rings. The Kier molecular flexibility index (Phi) is 4.81. The van der Waals surface area contributed by atoms with E-state index in [1.165, 1.54) is 0 Å². The molecule has 0 bridgehead atoms. The van der Waals surface area contributed by atoms with Crippen molar-refractivity contribution in [1.29, 1.82) is 0 Å². The van der Waals surface area contributed by atoms with Crippen LogP contribution < -0.4 is 0 Å². The normalized spacial score (nSPS) is 26.5. The Morgan fingerprint density at radius 1 is 1.43 bits per heavy atom. The van der Waals surface area contributed by atoms with Crippen molar-refractivity contribution < 1.29 is 4.79 Å². The van der Waals surface area contributed by atoms with Gasteiger partial charge in [-0.3, -0.25) is 9.69 Å². The number of likely N-dealkylation sites (N-methyl/N-ethyl adjacent to an activating group) is 1. The van der Waals surface area contributed by atoms with Crippen molar-refractivity contribution in [2.45, 2.75) is 64.5 Å². The minimum atomic E-state index is -0.319. The van der Waals surface area contributed by atoms with Gasteiger partial charge in [0.25, 0.3) is 0 Å². The molecule has 2 rings (SSSR count). The van der Waals surface area contributed by atoms with E-state index >= 15 is 0 Å². The van der Waals surface area contributed by atoms with Gasteiger partial charge in [-0.1, -0.05) is 6.92 Å². The van der Waals surface area contributed by atoms with Gasteiger partial charge in [0.2, 0.25) is 0 Å². The maximum atomic E-state index is 13.0. The summed E-state index contributed by atoms with van der Waals surface area (Å²) in [6.07, 6.45) is 6.09. The van der Waals surface area contributed by atoms with E-state index in [9.17, 15) is 4.79 Å². The molecule has 0 aliphatic heterocycles. The Hall–Kier alpha value is -1.23. The van der Waals surface area contributed by atoms with Crippen molar-refractivity contribution in [3.05, 3.63) is 12.2 Å². The molecule has 1 aromatic rings. The fourth-order valence-corrected chi connectivity index (χ4v) is 3.36. The minimum Gasteiger partial charge on any atom is -0.297 e. The van der Waals surface area contributed by atoms with Gasteiger partial charge in [-0.05, 0) is 59.5 Å². The van der Waals surface area contributed by atoms with Crippen LogP contribution >= 0.6 is 0 Å². The number of nitrogens with zero attached hydrogens (tertiary/aromatic N) is 4. The Bertz CT molecular complexity index is 484. The zero-order valence-electron chi connectivity index (χ0n) is 14.0. The van der Waals surface area contributed by atoms with Gasteiger partial charge in [0.1, 0.15) is 12.2 Å². The topological polar surface area (TPSA) is 51.0 Å². The van der Waals surface area contributed by atoms with Crippen LogP contribution in [0.2, 0.25) is 0 Å². The van der Waals surface area contributed by atoms with Gasteiger partial charge in [0.15, 0.2) is 5.78 Å². The van der Waals surface area contributed by atoms with E-state index in [1.54, 1.807) is 6.33 Å². The second kappa shape index (κ2) is 6.26. The minimum absolute atomic E-state index is 0.233. The van der Waals surface area contributed by atoms with E-state index in [0.29, 0.717) is 6.42 Å². The summed E-state index contributed by atoms with van der Waals surface area (Å²) in [4.78, 5) is 19.4. The molecule has 21 heavy (non-hydrogen) atoms. The number of ketones is 1. The molecule has 0 spiro atoms.